The molecule has 7 heteroatoms. The van der Waals surface area contributed by atoms with Gasteiger partial charge in [-0.05, 0) is 25.0 Å². The Morgan fingerprint density at radius 3 is 2.71 bits per heavy atom. The first-order valence-corrected chi connectivity index (χ1v) is 8.41. The molecular weight excluding hydrogens is 417 g/mol. The van der Waals surface area contributed by atoms with Gasteiger partial charge in [0.2, 0.25) is 5.91 Å². The summed E-state index contributed by atoms with van der Waals surface area (Å²) in [4.78, 5) is 20.3. The summed E-state index contributed by atoms with van der Waals surface area (Å²) in [5, 5.41) is 9.46. The van der Waals surface area contributed by atoms with Crippen LogP contribution in [0.15, 0.2) is 29.4 Å². The molecule has 2 rings (SSSR count). The molecule has 134 valence electrons. The van der Waals surface area contributed by atoms with Gasteiger partial charge in [-0.25, -0.2) is 0 Å². The van der Waals surface area contributed by atoms with Crippen molar-refractivity contribution in [3.8, 4) is 0 Å². The zero-order valence-electron chi connectivity index (χ0n) is 14.3. The first kappa shape index (κ1) is 20.7. The van der Waals surface area contributed by atoms with E-state index in [1.165, 1.54) is 19.3 Å². The quantitative estimate of drug-likeness (QED) is 0.357. The van der Waals surface area contributed by atoms with Crippen LogP contribution in [0.25, 0.3) is 0 Å². The van der Waals surface area contributed by atoms with Gasteiger partial charge in [-0.3, -0.25) is 14.8 Å². The second-order valence-corrected chi connectivity index (χ2v) is 5.83. The average Bonchev–Trinajstić information content (AvgIpc) is 2.59. The van der Waals surface area contributed by atoms with Crippen LogP contribution in [0, 0.1) is 0 Å². The van der Waals surface area contributed by atoms with Gasteiger partial charge in [-0.2, -0.15) is 0 Å². The minimum Gasteiger partial charge on any atom is -0.356 e. The van der Waals surface area contributed by atoms with E-state index in [0.29, 0.717) is 31.5 Å². The Morgan fingerprint density at radius 2 is 2.04 bits per heavy atom. The summed E-state index contributed by atoms with van der Waals surface area (Å²) in [5.74, 6) is 0.797. The van der Waals surface area contributed by atoms with Crippen LogP contribution in [0.2, 0.25) is 0 Å². The standard InChI is InChI=1S/C17H27N5O.HI/c1-18-17(21-13-15-9-5-6-11-19-15)20-12-10-16(23)22-14-7-3-2-4-8-14;/h5-6,9,11,14H,2-4,7-8,10,12-13H2,1H3,(H,22,23)(H2,18,20,21);1H. The summed E-state index contributed by atoms with van der Waals surface area (Å²) in [6.45, 7) is 1.18. The predicted octanol–water partition coefficient (Wildman–Crippen LogP) is 2.20. The summed E-state index contributed by atoms with van der Waals surface area (Å²) in [5.41, 5.74) is 0.950. The van der Waals surface area contributed by atoms with E-state index in [-0.39, 0.29) is 29.9 Å². The van der Waals surface area contributed by atoms with Gasteiger partial charge < -0.3 is 16.0 Å². The average molecular weight is 445 g/mol. The third kappa shape index (κ3) is 7.94. The summed E-state index contributed by atoms with van der Waals surface area (Å²) in [6.07, 6.45) is 8.22. The molecule has 1 fully saturated rings. The number of halogens is 1. The number of nitrogens with one attached hydrogen (secondary N) is 3. The molecule has 0 aliphatic heterocycles. The van der Waals surface area contributed by atoms with Gasteiger partial charge in [0.05, 0.1) is 12.2 Å². The maximum absolute atomic E-state index is 11.9. The normalized spacial score (nSPS) is 15.3. The van der Waals surface area contributed by atoms with Crippen LogP contribution >= 0.6 is 24.0 Å². The molecular formula is C17H28IN5O. The largest absolute Gasteiger partial charge is 0.356 e. The van der Waals surface area contributed by atoms with E-state index in [0.717, 1.165) is 18.5 Å². The third-order valence-electron chi connectivity index (χ3n) is 4.00. The summed E-state index contributed by atoms with van der Waals surface area (Å²) in [6, 6.07) is 6.17. The van der Waals surface area contributed by atoms with Crippen molar-refractivity contribution in [1.29, 1.82) is 0 Å². The number of guanidine groups is 1. The molecule has 3 N–H and O–H groups in total. The molecule has 0 saturated heterocycles. The van der Waals surface area contributed by atoms with E-state index < -0.39 is 0 Å². The van der Waals surface area contributed by atoms with E-state index >= 15 is 0 Å². The van der Waals surface area contributed by atoms with Gasteiger partial charge in [0.25, 0.3) is 0 Å². The SMILES string of the molecule is CN=C(NCCC(=O)NC1CCCCC1)NCc1ccccn1.I. The fraction of sp³-hybridized carbons (Fsp3) is 0.588. The maximum atomic E-state index is 11.9. The highest BCUT2D eigenvalue weighted by atomic mass is 127. The molecule has 0 spiro atoms. The Morgan fingerprint density at radius 1 is 1.25 bits per heavy atom. The molecule has 0 bridgehead atoms. The number of rotatable bonds is 6. The zero-order chi connectivity index (χ0) is 16.3. The van der Waals surface area contributed by atoms with E-state index in [1.807, 2.05) is 18.2 Å². The predicted molar refractivity (Wildman–Crippen MR) is 107 cm³/mol. The van der Waals surface area contributed by atoms with Gasteiger partial charge in [0, 0.05) is 32.3 Å². The monoisotopic (exact) mass is 445 g/mol. The van der Waals surface area contributed by atoms with E-state index in [2.05, 4.69) is 25.9 Å². The van der Waals surface area contributed by atoms with Crippen LogP contribution in [0.4, 0.5) is 0 Å². The Labute approximate surface area is 161 Å². The van der Waals surface area contributed by atoms with Crippen molar-refractivity contribution < 1.29 is 4.79 Å². The maximum Gasteiger partial charge on any atom is 0.221 e. The number of aromatic nitrogens is 1. The topological polar surface area (TPSA) is 78.4 Å². The molecule has 6 nitrogen and oxygen atoms in total. The highest BCUT2D eigenvalue weighted by Crippen LogP contribution is 2.17. The fourth-order valence-corrected chi connectivity index (χ4v) is 2.74. The Balaban J connectivity index is 0.00000288. The number of aliphatic imine (C=N–C) groups is 1. The van der Waals surface area contributed by atoms with Gasteiger partial charge in [0.15, 0.2) is 5.96 Å². The lowest BCUT2D eigenvalue weighted by Gasteiger charge is -2.22. The minimum absolute atomic E-state index is 0. The third-order valence-corrected chi connectivity index (χ3v) is 4.00. The van der Waals surface area contributed by atoms with Crippen molar-refractivity contribution in [1.82, 2.24) is 20.9 Å². The number of amides is 1. The molecule has 1 aromatic rings. The summed E-state index contributed by atoms with van der Waals surface area (Å²) < 4.78 is 0. The molecule has 1 amide bonds. The smallest absolute Gasteiger partial charge is 0.221 e. The molecule has 1 aliphatic rings. The molecule has 1 saturated carbocycles. The van der Waals surface area contributed by atoms with E-state index in [4.69, 9.17) is 0 Å². The van der Waals surface area contributed by atoms with Crippen molar-refractivity contribution in [3.05, 3.63) is 30.1 Å². The molecule has 0 unspecified atom stereocenters. The van der Waals surface area contributed by atoms with Crippen LogP contribution in [-0.2, 0) is 11.3 Å². The first-order chi connectivity index (χ1) is 11.3. The molecule has 0 radical (unpaired) electrons. The number of hydrogen-bond acceptors (Lipinski definition) is 3. The minimum atomic E-state index is 0. The highest BCUT2D eigenvalue weighted by Gasteiger charge is 2.15. The van der Waals surface area contributed by atoms with Crippen LogP contribution in [-0.4, -0.2) is 36.5 Å². The number of nitrogens with zero attached hydrogens (tertiary/aromatic N) is 2. The van der Waals surface area contributed by atoms with Crippen LogP contribution < -0.4 is 16.0 Å². The fourth-order valence-electron chi connectivity index (χ4n) is 2.74. The van der Waals surface area contributed by atoms with Gasteiger partial charge >= 0.3 is 0 Å². The molecule has 1 aliphatic carbocycles. The second kappa shape index (κ2) is 12.0. The number of carbonyl (C=O) groups is 1. The molecule has 0 atom stereocenters. The van der Waals surface area contributed by atoms with Crippen LogP contribution in [0.1, 0.15) is 44.2 Å². The van der Waals surface area contributed by atoms with Gasteiger partial charge in [-0.15, -0.1) is 24.0 Å². The summed E-state index contributed by atoms with van der Waals surface area (Å²) >= 11 is 0. The second-order valence-electron chi connectivity index (χ2n) is 5.83. The van der Waals surface area contributed by atoms with Crippen molar-refractivity contribution in [2.75, 3.05) is 13.6 Å². The highest BCUT2D eigenvalue weighted by molar-refractivity contribution is 14.0. The number of hydrogen-bond donors (Lipinski definition) is 3. The Hall–Kier alpha value is -1.38. The lowest BCUT2D eigenvalue weighted by atomic mass is 9.95. The lowest BCUT2D eigenvalue weighted by molar-refractivity contribution is -0.121. The van der Waals surface area contributed by atoms with Crippen molar-refractivity contribution in [2.24, 2.45) is 4.99 Å². The number of pyridine rings is 1. The van der Waals surface area contributed by atoms with Crippen molar-refractivity contribution in [3.63, 3.8) is 0 Å². The van der Waals surface area contributed by atoms with E-state index in [9.17, 15) is 4.79 Å². The Kier molecular flexibility index (Phi) is 10.4. The molecule has 1 heterocycles. The van der Waals surface area contributed by atoms with Crippen LogP contribution in [0.5, 0.6) is 0 Å². The van der Waals surface area contributed by atoms with Gasteiger partial charge in [-0.1, -0.05) is 25.3 Å². The molecule has 24 heavy (non-hydrogen) atoms. The number of carbonyl (C=O) groups excluding carboxylic acids is 1. The van der Waals surface area contributed by atoms with Gasteiger partial charge in [0.1, 0.15) is 0 Å². The van der Waals surface area contributed by atoms with E-state index in [1.54, 1.807) is 13.2 Å². The van der Waals surface area contributed by atoms with Crippen LogP contribution in [0.3, 0.4) is 0 Å². The zero-order valence-corrected chi connectivity index (χ0v) is 16.6. The summed E-state index contributed by atoms with van der Waals surface area (Å²) in [7, 11) is 1.72. The first-order valence-electron chi connectivity index (χ1n) is 8.41. The molecule has 0 aromatic carbocycles. The Bertz CT molecular complexity index is 503. The van der Waals surface area contributed by atoms with Crippen molar-refractivity contribution in [2.45, 2.75) is 51.1 Å². The van der Waals surface area contributed by atoms with Crippen molar-refractivity contribution >= 4 is 35.8 Å². The lowest BCUT2D eigenvalue weighted by Crippen LogP contribution is -2.41. The molecule has 1 aromatic heterocycles.